The highest BCUT2D eigenvalue weighted by molar-refractivity contribution is 6.28. The molecule has 0 radical (unpaired) electrons. The number of para-hydroxylation sites is 1. The maximum Gasteiger partial charge on any atom is 0.236 e. The minimum Gasteiger partial charge on any atom is -0.456 e. The SMILES string of the molecule is C1=C(c2ccccc2)Cc2c3c1c1cccc4ccc5c(c41)N3c1c3c(cccc23)ccc1[n+]5-c1cccc2oc3ccccc3c12. The molecule has 47 heavy (non-hydrogen) atoms. The van der Waals surface area contributed by atoms with Gasteiger partial charge >= 0.3 is 0 Å². The highest BCUT2D eigenvalue weighted by Gasteiger charge is 2.41. The highest BCUT2D eigenvalue weighted by atomic mass is 16.3. The fourth-order valence-electron chi connectivity index (χ4n) is 8.91. The zero-order valence-electron chi connectivity index (χ0n) is 25.3. The van der Waals surface area contributed by atoms with Crippen LogP contribution in [0.2, 0.25) is 0 Å². The van der Waals surface area contributed by atoms with Gasteiger partial charge in [-0.3, -0.25) is 4.90 Å². The summed E-state index contributed by atoms with van der Waals surface area (Å²) in [5, 5.41) is 10.1. The molecule has 0 atom stereocenters. The van der Waals surface area contributed by atoms with Gasteiger partial charge in [-0.2, -0.15) is 0 Å². The number of fused-ring (bicyclic) bond motifs is 5. The first-order valence-electron chi connectivity index (χ1n) is 16.3. The Labute approximate surface area is 269 Å². The molecule has 0 saturated heterocycles. The second-order valence-corrected chi connectivity index (χ2v) is 13.0. The zero-order valence-corrected chi connectivity index (χ0v) is 25.3. The molecule has 12 rings (SSSR count). The van der Waals surface area contributed by atoms with Crippen molar-refractivity contribution in [1.29, 1.82) is 0 Å². The average Bonchev–Trinajstić information content (AvgIpc) is 3.52. The molecule has 3 nitrogen and oxygen atoms in total. The Morgan fingerprint density at radius 1 is 0.511 bits per heavy atom. The lowest BCUT2D eigenvalue weighted by Gasteiger charge is -2.39. The third kappa shape index (κ3) is 2.87. The second kappa shape index (κ2) is 8.34. The summed E-state index contributed by atoms with van der Waals surface area (Å²) in [4.78, 5) is 2.63. The average molecular weight is 598 g/mol. The van der Waals surface area contributed by atoms with Crippen LogP contribution in [0.3, 0.4) is 0 Å². The number of furan rings is 1. The summed E-state index contributed by atoms with van der Waals surface area (Å²) in [5.41, 5.74) is 14.6. The van der Waals surface area contributed by atoms with E-state index in [9.17, 15) is 0 Å². The van der Waals surface area contributed by atoms with Crippen molar-refractivity contribution in [3.8, 4) is 5.69 Å². The minimum absolute atomic E-state index is 0.889. The predicted molar refractivity (Wildman–Crippen MR) is 194 cm³/mol. The van der Waals surface area contributed by atoms with E-state index in [1.165, 1.54) is 82.7 Å². The summed E-state index contributed by atoms with van der Waals surface area (Å²) in [7, 11) is 0. The van der Waals surface area contributed by atoms with Crippen LogP contribution in [-0.4, -0.2) is 0 Å². The number of hydrogen-bond acceptors (Lipinski definition) is 2. The number of benzene rings is 7. The third-order valence-corrected chi connectivity index (χ3v) is 10.8. The van der Waals surface area contributed by atoms with Gasteiger partial charge in [0.2, 0.25) is 16.7 Å². The lowest BCUT2D eigenvalue weighted by atomic mass is 9.80. The van der Waals surface area contributed by atoms with E-state index in [4.69, 9.17) is 4.42 Å². The minimum atomic E-state index is 0.889. The molecule has 0 amide bonds. The predicted octanol–water partition coefficient (Wildman–Crippen LogP) is 11.2. The van der Waals surface area contributed by atoms with Crippen LogP contribution in [0.4, 0.5) is 17.1 Å². The first kappa shape index (κ1) is 24.1. The molecule has 3 aliphatic heterocycles. The summed E-state index contributed by atoms with van der Waals surface area (Å²) in [6, 6.07) is 48.8. The molecule has 216 valence electrons. The highest BCUT2D eigenvalue weighted by Crippen LogP contribution is 2.59. The molecule has 4 heterocycles. The van der Waals surface area contributed by atoms with Crippen LogP contribution < -0.4 is 9.47 Å². The van der Waals surface area contributed by atoms with Crippen LogP contribution >= 0.6 is 0 Å². The van der Waals surface area contributed by atoms with E-state index in [0.29, 0.717) is 0 Å². The Morgan fingerprint density at radius 2 is 1.17 bits per heavy atom. The number of allylic oxidation sites excluding steroid dienone is 1. The van der Waals surface area contributed by atoms with Crippen LogP contribution in [0.25, 0.3) is 82.6 Å². The molecule has 0 spiro atoms. The van der Waals surface area contributed by atoms with E-state index in [2.05, 4.69) is 143 Å². The van der Waals surface area contributed by atoms with Gasteiger partial charge in [-0.1, -0.05) is 91.0 Å². The van der Waals surface area contributed by atoms with Crippen LogP contribution in [0.1, 0.15) is 16.7 Å². The number of anilines is 3. The number of rotatable bonds is 2. The molecule has 3 heteroatoms. The quantitative estimate of drug-likeness (QED) is 0.185. The standard InChI is InChI=1S/C44H25N2O/c1-2-9-25(10-3-1)28-23-32-29-14-6-11-26-19-21-35-43(39(26)29)46-42(32)33(24-28)30-15-7-12-27-20-22-36(44(46)40(27)30)45(35)34-16-8-18-38-41(34)31-13-4-5-17-37(31)47-38/h1-23H,24H2/q+1. The van der Waals surface area contributed by atoms with Crippen LogP contribution in [0.5, 0.6) is 0 Å². The normalized spacial score (nSPS) is 14.0. The molecule has 0 N–H and O–H groups in total. The molecule has 0 bridgehead atoms. The van der Waals surface area contributed by atoms with Crippen molar-refractivity contribution in [3.05, 3.63) is 150 Å². The number of hydrogen-bond donors (Lipinski definition) is 0. The van der Waals surface area contributed by atoms with Crippen molar-refractivity contribution in [2.24, 2.45) is 0 Å². The molecular formula is C44H25N2O+. The van der Waals surface area contributed by atoms with E-state index >= 15 is 0 Å². The molecular weight excluding hydrogens is 572 g/mol. The van der Waals surface area contributed by atoms with Crippen molar-refractivity contribution >= 4 is 94.0 Å². The van der Waals surface area contributed by atoms with E-state index in [-0.39, 0.29) is 0 Å². The molecule has 8 aromatic rings. The van der Waals surface area contributed by atoms with Crippen molar-refractivity contribution in [2.45, 2.75) is 6.42 Å². The summed E-state index contributed by atoms with van der Waals surface area (Å²) in [6.45, 7) is 0. The van der Waals surface area contributed by atoms with Crippen molar-refractivity contribution in [2.75, 3.05) is 4.90 Å². The number of nitrogens with zero attached hydrogens (tertiary/aromatic N) is 2. The van der Waals surface area contributed by atoms with E-state index < -0.39 is 0 Å². The van der Waals surface area contributed by atoms with Gasteiger partial charge in [0.1, 0.15) is 27.9 Å². The van der Waals surface area contributed by atoms with Gasteiger partial charge in [-0.25, -0.2) is 0 Å². The smallest absolute Gasteiger partial charge is 0.236 e. The second-order valence-electron chi connectivity index (χ2n) is 13.0. The van der Waals surface area contributed by atoms with E-state index in [1.807, 2.05) is 6.07 Å². The summed E-state index contributed by atoms with van der Waals surface area (Å²) in [6.07, 6.45) is 3.36. The van der Waals surface area contributed by atoms with Gasteiger partial charge in [0, 0.05) is 46.3 Å². The van der Waals surface area contributed by atoms with Gasteiger partial charge in [-0.15, -0.1) is 4.57 Å². The first-order chi connectivity index (χ1) is 23.3. The van der Waals surface area contributed by atoms with E-state index in [0.717, 1.165) is 34.0 Å². The maximum absolute atomic E-state index is 6.42. The Morgan fingerprint density at radius 3 is 1.98 bits per heavy atom. The van der Waals surface area contributed by atoms with Crippen molar-refractivity contribution in [3.63, 3.8) is 0 Å². The Kier molecular flexibility index (Phi) is 4.27. The lowest BCUT2D eigenvalue weighted by molar-refractivity contribution is -0.537. The molecule has 0 fully saturated rings. The zero-order chi connectivity index (χ0) is 30.4. The largest absolute Gasteiger partial charge is 0.456 e. The van der Waals surface area contributed by atoms with Gasteiger partial charge in [-0.05, 0) is 68.6 Å². The van der Waals surface area contributed by atoms with Gasteiger partial charge in [0.05, 0.1) is 5.69 Å². The van der Waals surface area contributed by atoms with Gasteiger partial charge in [0.15, 0.2) is 0 Å². The number of aromatic nitrogens is 1. The van der Waals surface area contributed by atoms with Gasteiger partial charge < -0.3 is 4.42 Å². The summed E-state index contributed by atoms with van der Waals surface area (Å²) in [5.74, 6) is 0. The van der Waals surface area contributed by atoms with Crippen LogP contribution in [-0.2, 0) is 6.42 Å². The monoisotopic (exact) mass is 597 g/mol. The fourth-order valence-corrected chi connectivity index (χ4v) is 8.91. The topological polar surface area (TPSA) is 20.3 Å². The molecule has 7 aromatic carbocycles. The van der Waals surface area contributed by atoms with Crippen molar-refractivity contribution in [1.82, 2.24) is 0 Å². The fraction of sp³-hybridized carbons (Fsp3) is 0.0227. The molecule has 0 saturated carbocycles. The molecule has 0 unspecified atom stereocenters. The molecule has 1 aromatic heterocycles. The molecule has 4 aliphatic rings. The van der Waals surface area contributed by atoms with Crippen molar-refractivity contribution < 1.29 is 8.98 Å². The Bertz CT molecular complexity index is 2990. The van der Waals surface area contributed by atoms with Gasteiger partial charge in [0.25, 0.3) is 0 Å². The first-order valence-corrected chi connectivity index (χ1v) is 16.3. The molecule has 1 aliphatic carbocycles. The summed E-state index contributed by atoms with van der Waals surface area (Å²) < 4.78 is 8.92. The van der Waals surface area contributed by atoms with E-state index in [1.54, 1.807) is 0 Å². The Balaban J connectivity index is 1.35. The lowest BCUT2D eigenvalue weighted by Crippen LogP contribution is -2.38. The maximum atomic E-state index is 6.42. The summed E-state index contributed by atoms with van der Waals surface area (Å²) >= 11 is 0. The van der Waals surface area contributed by atoms with Crippen LogP contribution in [0, 0.1) is 0 Å². The van der Waals surface area contributed by atoms with Crippen LogP contribution in [0.15, 0.2) is 138 Å². The third-order valence-electron chi connectivity index (χ3n) is 10.8. The Hall–Kier alpha value is -6.19.